The number of thiocarbonyl (C=S) groups is 1. The lowest BCUT2D eigenvalue weighted by atomic mass is 9.69. The summed E-state index contributed by atoms with van der Waals surface area (Å²) in [5.74, 6) is 0.771. The molecule has 1 fully saturated rings. The molecule has 0 radical (unpaired) electrons. The van der Waals surface area contributed by atoms with Crippen LogP contribution in [0.1, 0.15) is 43.2 Å². The molecular weight excluding hydrogens is 350 g/mol. The Kier molecular flexibility index (Phi) is 5.92. The highest BCUT2D eigenvalue weighted by atomic mass is 35.5. The second-order valence-electron chi connectivity index (χ2n) is 6.88. The van der Waals surface area contributed by atoms with Gasteiger partial charge in [0.05, 0.1) is 0 Å². The number of rotatable bonds is 4. The monoisotopic (exact) mass is 373 g/mol. The maximum atomic E-state index is 6.07. The third kappa shape index (κ3) is 4.71. The zero-order valence-electron chi connectivity index (χ0n) is 14.5. The number of pyridine rings is 1. The number of hydrogen-bond acceptors (Lipinski definition) is 2. The first-order chi connectivity index (χ1) is 12.1. The highest BCUT2D eigenvalue weighted by Crippen LogP contribution is 2.39. The maximum absolute atomic E-state index is 6.07. The van der Waals surface area contributed by atoms with Crippen molar-refractivity contribution in [3.8, 4) is 0 Å². The average molecular weight is 374 g/mol. The first-order valence-corrected chi connectivity index (χ1v) is 9.60. The van der Waals surface area contributed by atoms with Gasteiger partial charge < -0.3 is 10.6 Å². The fourth-order valence-electron chi connectivity index (χ4n) is 3.55. The van der Waals surface area contributed by atoms with E-state index in [1.54, 1.807) is 0 Å². The molecule has 1 saturated carbocycles. The molecule has 0 bridgehead atoms. The van der Waals surface area contributed by atoms with Gasteiger partial charge in [-0.05, 0) is 61.3 Å². The maximum Gasteiger partial charge on any atom is 0.171 e. The molecule has 0 amide bonds. The molecule has 0 saturated heterocycles. The fourth-order valence-corrected chi connectivity index (χ4v) is 3.85. The van der Waals surface area contributed by atoms with Crippen molar-refractivity contribution < 1.29 is 0 Å². The molecule has 0 unspecified atom stereocenters. The van der Waals surface area contributed by atoms with Crippen molar-refractivity contribution in [1.82, 2.24) is 10.3 Å². The van der Waals surface area contributed by atoms with Crippen molar-refractivity contribution in [2.45, 2.75) is 44.4 Å². The van der Waals surface area contributed by atoms with Crippen LogP contribution in [0.25, 0.3) is 0 Å². The molecular formula is C20H24ClN3S. The summed E-state index contributed by atoms with van der Waals surface area (Å²) < 4.78 is 0. The minimum atomic E-state index is 0.120. The van der Waals surface area contributed by atoms with Gasteiger partial charge in [-0.1, -0.05) is 49.1 Å². The Hall–Kier alpha value is -1.65. The van der Waals surface area contributed by atoms with Gasteiger partial charge >= 0.3 is 0 Å². The molecule has 3 rings (SSSR count). The van der Waals surface area contributed by atoms with E-state index in [9.17, 15) is 0 Å². The van der Waals surface area contributed by atoms with Crippen LogP contribution in [0.3, 0.4) is 0 Å². The van der Waals surface area contributed by atoms with Crippen LogP contribution in [0.5, 0.6) is 0 Å². The van der Waals surface area contributed by atoms with Crippen LogP contribution in [-0.4, -0.2) is 16.6 Å². The number of aryl methyl sites for hydroxylation is 1. The zero-order valence-corrected chi connectivity index (χ0v) is 16.1. The third-order valence-electron chi connectivity index (χ3n) is 5.01. The van der Waals surface area contributed by atoms with Gasteiger partial charge in [-0.25, -0.2) is 4.98 Å². The molecule has 1 aromatic heterocycles. The zero-order chi connectivity index (χ0) is 17.7. The van der Waals surface area contributed by atoms with Gasteiger partial charge in [0, 0.05) is 23.2 Å². The van der Waals surface area contributed by atoms with Crippen molar-refractivity contribution in [1.29, 1.82) is 0 Å². The molecule has 25 heavy (non-hydrogen) atoms. The lowest BCUT2D eigenvalue weighted by Crippen LogP contribution is -2.43. The van der Waals surface area contributed by atoms with Crippen LogP contribution >= 0.6 is 23.8 Å². The number of hydrogen-bond donors (Lipinski definition) is 2. The summed E-state index contributed by atoms with van der Waals surface area (Å²) in [5.41, 5.74) is 2.60. The summed E-state index contributed by atoms with van der Waals surface area (Å²) in [6.07, 6.45) is 8.00. The number of halogens is 1. The Morgan fingerprint density at radius 3 is 2.48 bits per heavy atom. The van der Waals surface area contributed by atoms with Gasteiger partial charge in [-0.15, -0.1) is 0 Å². The second-order valence-corrected chi connectivity index (χ2v) is 7.72. The van der Waals surface area contributed by atoms with Crippen molar-refractivity contribution in [2.24, 2.45) is 0 Å². The van der Waals surface area contributed by atoms with E-state index in [4.69, 9.17) is 23.8 Å². The molecule has 0 atom stereocenters. The Morgan fingerprint density at radius 1 is 1.12 bits per heavy atom. The highest BCUT2D eigenvalue weighted by Gasteiger charge is 2.33. The molecule has 132 valence electrons. The topological polar surface area (TPSA) is 37.0 Å². The summed E-state index contributed by atoms with van der Waals surface area (Å²) in [7, 11) is 0. The number of benzene rings is 1. The fraction of sp³-hybridized carbons (Fsp3) is 0.400. The Morgan fingerprint density at radius 2 is 1.84 bits per heavy atom. The first-order valence-electron chi connectivity index (χ1n) is 8.81. The number of aromatic nitrogens is 1. The minimum Gasteiger partial charge on any atom is -0.362 e. The van der Waals surface area contributed by atoms with E-state index < -0.39 is 0 Å². The quantitative estimate of drug-likeness (QED) is 0.719. The van der Waals surface area contributed by atoms with E-state index in [1.807, 2.05) is 37.4 Å². The number of anilines is 1. The van der Waals surface area contributed by atoms with Gasteiger partial charge in [0.2, 0.25) is 0 Å². The number of nitrogens with zero attached hydrogens (tertiary/aromatic N) is 1. The van der Waals surface area contributed by atoms with E-state index in [2.05, 4.69) is 27.8 Å². The Bertz CT molecular complexity index is 707. The molecule has 0 aliphatic heterocycles. The standard InChI is InChI=1S/C20H24ClN3S/c1-15-5-10-18(22-13-15)24-19(25)23-14-20(11-3-2-4-12-20)16-6-8-17(21)9-7-16/h5-10,13H,2-4,11-12,14H2,1H3,(H2,22,23,24,25). The van der Waals surface area contributed by atoms with Crippen molar-refractivity contribution in [3.63, 3.8) is 0 Å². The second kappa shape index (κ2) is 8.15. The van der Waals surface area contributed by atoms with Crippen LogP contribution in [0.4, 0.5) is 5.82 Å². The molecule has 3 nitrogen and oxygen atoms in total. The predicted molar refractivity (Wildman–Crippen MR) is 109 cm³/mol. The Balaban J connectivity index is 1.67. The molecule has 2 aromatic rings. The summed E-state index contributed by atoms with van der Waals surface area (Å²) in [6.45, 7) is 2.85. The molecule has 1 aromatic carbocycles. The molecule has 5 heteroatoms. The molecule has 1 aliphatic rings. The van der Waals surface area contributed by atoms with E-state index >= 15 is 0 Å². The van der Waals surface area contributed by atoms with Crippen LogP contribution in [0.15, 0.2) is 42.6 Å². The van der Waals surface area contributed by atoms with E-state index in [1.165, 1.54) is 37.7 Å². The van der Waals surface area contributed by atoms with E-state index in [-0.39, 0.29) is 5.41 Å². The third-order valence-corrected chi connectivity index (χ3v) is 5.51. The highest BCUT2D eigenvalue weighted by molar-refractivity contribution is 7.80. The van der Waals surface area contributed by atoms with E-state index in [0.29, 0.717) is 5.11 Å². The lowest BCUT2D eigenvalue weighted by molar-refractivity contribution is 0.292. The summed E-state index contributed by atoms with van der Waals surface area (Å²) in [6, 6.07) is 12.3. The van der Waals surface area contributed by atoms with Crippen LogP contribution in [0, 0.1) is 6.92 Å². The summed E-state index contributed by atoms with van der Waals surface area (Å²) in [5, 5.41) is 7.99. The lowest BCUT2D eigenvalue weighted by Gasteiger charge is -2.38. The Labute approximate surface area is 160 Å². The average Bonchev–Trinajstić information content (AvgIpc) is 2.63. The molecule has 1 aliphatic carbocycles. The van der Waals surface area contributed by atoms with Gasteiger partial charge in [0.25, 0.3) is 0 Å². The van der Waals surface area contributed by atoms with Crippen molar-refractivity contribution >= 4 is 34.7 Å². The normalized spacial score (nSPS) is 16.2. The largest absolute Gasteiger partial charge is 0.362 e. The predicted octanol–water partition coefficient (Wildman–Crippen LogP) is 5.23. The van der Waals surface area contributed by atoms with Gasteiger partial charge in [0.15, 0.2) is 5.11 Å². The first kappa shape index (κ1) is 18.2. The summed E-state index contributed by atoms with van der Waals surface area (Å²) >= 11 is 11.5. The molecule has 0 spiro atoms. The summed E-state index contributed by atoms with van der Waals surface area (Å²) in [4.78, 5) is 4.34. The molecule has 2 N–H and O–H groups in total. The van der Waals surface area contributed by atoms with Crippen LogP contribution in [0.2, 0.25) is 5.02 Å². The van der Waals surface area contributed by atoms with Gasteiger partial charge in [0.1, 0.15) is 5.82 Å². The van der Waals surface area contributed by atoms with Crippen LogP contribution in [-0.2, 0) is 5.41 Å². The van der Waals surface area contributed by atoms with Crippen LogP contribution < -0.4 is 10.6 Å². The molecule has 1 heterocycles. The van der Waals surface area contributed by atoms with Gasteiger partial charge in [-0.2, -0.15) is 0 Å². The van der Waals surface area contributed by atoms with E-state index in [0.717, 1.165) is 22.9 Å². The minimum absolute atomic E-state index is 0.120. The number of nitrogens with one attached hydrogen (secondary N) is 2. The SMILES string of the molecule is Cc1ccc(NC(=S)NCC2(c3ccc(Cl)cc3)CCCCC2)nc1. The van der Waals surface area contributed by atoms with Crippen molar-refractivity contribution in [3.05, 3.63) is 58.7 Å². The van der Waals surface area contributed by atoms with Gasteiger partial charge in [-0.3, -0.25) is 0 Å². The smallest absolute Gasteiger partial charge is 0.171 e. The van der Waals surface area contributed by atoms with Crippen molar-refractivity contribution in [2.75, 3.05) is 11.9 Å².